The fourth-order valence-electron chi connectivity index (χ4n) is 2.53. The molecule has 4 amide bonds. The molecule has 0 radical (unpaired) electrons. The van der Waals surface area contributed by atoms with Crippen LogP contribution in [0.25, 0.3) is 0 Å². The van der Waals surface area contributed by atoms with E-state index in [9.17, 15) is 24.0 Å². The maximum absolute atomic E-state index is 11.9. The molecule has 9 heteroatoms. The Labute approximate surface area is 171 Å². The van der Waals surface area contributed by atoms with Crippen molar-refractivity contribution >= 4 is 29.4 Å². The quantitative estimate of drug-likeness (QED) is 0.399. The smallest absolute Gasteiger partial charge is 0.251 e. The zero-order chi connectivity index (χ0) is 22.0. The summed E-state index contributed by atoms with van der Waals surface area (Å²) in [6, 6.07) is -1.34. The van der Waals surface area contributed by atoms with Crippen LogP contribution in [0.5, 0.6) is 0 Å². The second-order valence-electron chi connectivity index (χ2n) is 7.00. The molecular weight excluding hydrogens is 376 g/mol. The number of carbonyl (C=O) groups excluding carboxylic acids is 5. The van der Waals surface area contributed by atoms with E-state index < -0.39 is 18.0 Å². The van der Waals surface area contributed by atoms with Gasteiger partial charge in [-0.3, -0.25) is 24.0 Å². The van der Waals surface area contributed by atoms with Crippen LogP contribution in [-0.4, -0.2) is 59.5 Å². The normalized spacial score (nSPS) is 15.1. The fourth-order valence-corrected chi connectivity index (χ4v) is 2.53. The molecule has 2 atom stereocenters. The molecule has 0 fully saturated rings. The molecule has 1 aliphatic heterocycles. The van der Waals surface area contributed by atoms with Crippen molar-refractivity contribution in [3.05, 3.63) is 24.4 Å². The van der Waals surface area contributed by atoms with Gasteiger partial charge < -0.3 is 20.9 Å². The lowest BCUT2D eigenvalue weighted by molar-refractivity contribution is -0.130. The molecule has 0 aromatic heterocycles. The van der Waals surface area contributed by atoms with Crippen molar-refractivity contribution in [3.8, 4) is 0 Å². The van der Waals surface area contributed by atoms with Crippen LogP contribution in [-0.2, 0) is 24.0 Å². The predicted molar refractivity (Wildman–Crippen MR) is 107 cm³/mol. The third-order valence-electron chi connectivity index (χ3n) is 4.49. The van der Waals surface area contributed by atoms with E-state index in [4.69, 9.17) is 0 Å². The number of Topliss-reactive ketones (excluding diaryl/α,β-unsaturated/α-hetero) is 1. The SMILES string of the molecule is C=C1C=CC(=O)N1CCNC(=O)CCCCC(=O)N[C@@H](C)C(=O)NC(C)C(C)=O. The lowest BCUT2D eigenvalue weighted by Gasteiger charge is -2.17. The van der Waals surface area contributed by atoms with E-state index in [1.807, 2.05) is 0 Å². The summed E-state index contributed by atoms with van der Waals surface area (Å²) in [5, 5.41) is 7.82. The van der Waals surface area contributed by atoms with E-state index in [0.29, 0.717) is 31.6 Å². The highest BCUT2D eigenvalue weighted by atomic mass is 16.2. The number of rotatable bonds is 12. The van der Waals surface area contributed by atoms with Gasteiger partial charge >= 0.3 is 0 Å². The van der Waals surface area contributed by atoms with Crippen molar-refractivity contribution in [2.45, 2.75) is 58.5 Å². The predicted octanol–water partition coefficient (Wildman–Crippen LogP) is 0.174. The summed E-state index contributed by atoms with van der Waals surface area (Å²) in [5.74, 6) is -1.17. The first kappa shape index (κ1) is 24.1. The van der Waals surface area contributed by atoms with Crippen LogP contribution in [0, 0.1) is 0 Å². The zero-order valence-corrected chi connectivity index (χ0v) is 17.2. The molecule has 0 spiro atoms. The molecule has 9 nitrogen and oxygen atoms in total. The number of hydrogen-bond acceptors (Lipinski definition) is 5. The van der Waals surface area contributed by atoms with Crippen molar-refractivity contribution in [2.24, 2.45) is 0 Å². The maximum atomic E-state index is 11.9. The third kappa shape index (κ3) is 8.71. The Morgan fingerprint density at radius 3 is 2.17 bits per heavy atom. The molecule has 1 unspecified atom stereocenters. The average molecular weight is 406 g/mol. The van der Waals surface area contributed by atoms with Crippen LogP contribution in [0.15, 0.2) is 24.4 Å². The fraction of sp³-hybridized carbons (Fsp3) is 0.550. The maximum Gasteiger partial charge on any atom is 0.251 e. The van der Waals surface area contributed by atoms with Crippen molar-refractivity contribution in [1.29, 1.82) is 0 Å². The van der Waals surface area contributed by atoms with E-state index >= 15 is 0 Å². The summed E-state index contributed by atoms with van der Waals surface area (Å²) < 4.78 is 0. The average Bonchev–Trinajstić information content (AvgIpc) is 2.97. The third-order valence-corrected chi connectivity index (χ3v) is 4.49. The molecule has 0 saturated heterocycles. The summed E-state index contributed by atoms with van der Waals surface area (Å²) in [4.78, 5) is 59.8. The molecule has 0 aromatic carbocycles. The summed E-state index contributed by atoms with van der Waals surface area (Å²) in [5.41, 5.74) is 0.605. The van der Waals surface area contributed by atoms with Crippen LogP contribution >= 0.6 is 0 Å². The Hall–Kier alpha value is -2.97. The van der Waals surface area contributed by atoms with Gasteiger partial charge in [-0.15, -0.1) is 0 Å². The molecule has 0 aliphatic carbocycles. The topological polar surface area (TPSA) is 125 Å². The molecule has 0 bridgehead atoms. The van der Waals surface area contributed by atoms with Gasteiger partial charge in [0.25, 0.3) is 5.91 Å². The number of ketones is 1. The van der Waals surface area contributed by atoms with Gasteiger partial charge in [0.15, 0.2) is 5.78 Å². The Balaban J connectivity index is 2.13. The first-order valence-electron chi connectivity index (χ1n) is 9.67. The van der Waals surface area contributed by atoms with Gasteiger partial charge in [-0.1, -0.05) is 6.58 Å². The van der Waals surface area contributed by atoms with E-state index in [1.54, 1.807) is 19.9 Å². The number of nitrogens with one attached hydrogen (secondary N) is 3. The molecule has 0 aromatic rings. The molecular formula is C20H30N4O5. The van der Waals surface area contributed by atoms with Crippen LogP contribution in [0.3, 0.4) is 0 Å². The Morgan fingerprint density at radius 2 is 1.62 bits per heavy atom. The second-order valence-corrected chi connectivity index (χ2v) is 7.00. The highest BCUT2D eigenvalue weighted by Gasteiger charge is 2.19. The number of carbonyl (C=O) groups is 5. The van der Waals surface area contributed by atoms with Gasteiger partial charge in [0, 0.05) is 37.7 Å². The van der Waals surface area contributed by atoms with Crippen LogP contribution in [0.1, 0.15) is 46.5 Å². The zero-order valence-electron chi connectivity index (χ0n) is 17.2. The lowest BCUT2D eigenvalue weighted by atomic mass is 10.1. The second kappa shape index (κ2) is 11.8. The van der Waals surface area contributed by atoms with Crippen LogP contribution in [0.2, 0.25) is 0 Å². The number of unbranched alkanes of at least 4 members (excludes halogenated alkanes) is 1. The van der Waals surface area contributed by atoms with Crippen LogP contribution in [0.4, 0.5) is 0 Å². The molecule has 160 valence electrons. The first-order chi connectivity index (χ1) is 13.6. The van der Waals surface area contributed by atoms with Gasteiger partial charge in [-0.05, 0) is 39.7 Å². The number of nitrogens with zero attached hydrogens (tertiary/aromatic N) is 1. The molecule has 0 saturated carbocycles. The van der Waals surface area contributed by atoms with Gasteiger partial charge in [0.05, 0.1) is 6.04 Å². The number of hydrogen-bond donors (Lipinski definition) is 3. The first-order valence-corrected chi connectivity index (χ1v) is 9.67. The van der Waals surface area contributed by atoms with Crippen molar-refractivity contribution < 1.29 is 24.0 Å². The highest BCUT2D eigenvalue weighted by molar-refractivity contribution is 5.93. The van der Waals surface area contributed by atoms with Gasteiger partial charge in [0.2, 0.25) is 17.7 Å². The molecule has 1 rings (SSSR count). The standard InChI is InChI=1S/C20H30N4O5/c1-13-9-10-19(28)24(13)12-11-21-17(26)7-5-6-8-18(27)22-15(3)20(29)23-14(2)16(4)25/h9-10,14-15H,1,5-8,11-12H2,2-4H3,(H,21,26)(H,22,27)(H,23,29)/t14?,15-/m0/s1. The number of allylic oxidation sites excluding steroid dienone is 1. The minimum absolute atomic E-state index is 0.145. The Bertz CT molecular complexity index is 683. The van der Waals surface area contributed by atoms with Crippen molar-refractivity contribution in [3.63, 3.8) is 0 Å². The van der Waals surface area contributed by atoms with E-state index in [-0.39, 0.29) is 36.3 Å². The molecule has 29 heavy (non-hydrogen) atoms. The van der Waals surface area contributed by atoms with Gasteiger partial charge in [0.1, 0.15) is 6.04 Å². The summed E-state index contributed by atoms with van der Waals surface area (Å²) in [6.45, 7) is 8.94. The van der Waals surface area contributed by atoms with Gasteiger partial charge in [-0.2, -0.15) is 0 Å². The van der Waals surface area contributed by atoms with Gasteiger partial charge in [-0.25, -0.2) is 0 Å². The van der Waals surface area contributed by atoms with Crippen LogP contribution < -0.4 is 16.0 Å². The summed E-state index contributed by atoms with van der Waals surface area (Å²) in [7, 11) is 0. The van der Waals surface area contributed by atoms with Crippen molar-refractivity contribution in [2.75, 3.05) is 13.1 Å². The minimum atomic E-state index is -0.745. The van der Waals surface area contributed by atoms with E-state index in [0.717, 1.165) is 0 Å². The van der Waals surface area contributed by atoms with E-state index in [1.165, 1.54) is 17.9 Å². The van der Waals surface area contributed by atoms with Crippen molar-refractivity contribution in [1.82, 2.24) is 20.9 Å². The lowest BCUT2D eigenvalue weighted by Crippen LogP contribution is -2.48. The highest BCUT2D eigenvalue weighted by Crippen LogP contribution is 2.11. The Kier molecular flexibility index (Phi) is 9.78. The summed E-state index contributed by atoms with van der Waals surface area (Å²) >= 11 is 0. The molecule has 3 N–H and O–H groups in total. The largest absolute Gasteiger partial charge is 0.354 e. The summed E-state index contributed by atoms with van der Waals surface area (Å²) in [6.07, 6.45) is 4.56. The molecule has 1 heterocycles. The minimum Gasteiger partial charge on any atom is -0.354 e. The van der Waals surface area contributed by atoms with E-state index in [2.05, 4.69) is 22.5 Å². The number of amides is 4. The monoisotopic (exact) mass is 406 g/mol. The molecule has 1 aliphatic rings. The Morgan fingerprint density at radius 1 is 1.00 bits per heavy atom.